The third kappa shape index (κ3) is 5.87. The fourth-order valence-electron chi connectivity index (χ4n) is 2.83. The van der Waals surface area contributed by atoms with Crippen LogP contribution in [0.1, 0.15) is 26.4 Å². The number of benzene rings is 1. The third-order valence-electron chi connectivity index (χ3n) is 4.36. The molecular formula is C20H24N4O3. The molecule has 0 aliphatic carbocycles. The number of nitrogens with one attached hydrogen (secondary N) is 2. The van der Waals surface area contributed by atoms with E-state index in [1.165, 1.54) is 0 Å². The quantitative estimate of drug-likeness (QED) is 0.764. The first kappa shape index (κ1) is 19.0. The van der Waals surface area contributed by atoms with E-state index in [0.717, 1.165) is 38.5 Å². The summed E-state index contributed by atoms with van der Waals surface area (Å²) < 4.78 is 5.31. The van der Waals surface area contributed by atoms with Gasteiger partial charge in [-0.3, -0.25) is 19.5 Å². The van der Waals surface area contributed by atoms with Gasteiger partial charge in [0.15, 0.2) is 0 Å². The number of rotatable bonds is 7. The maximum atomic E-state index is 12.3. The van der Waals surface area contributed by atoms with Crippen LogP contribution >= 0.6 is 0 Å². The Bertz CT molecular complexity index is 761. The molecule has 7 nitrogen and oxygen atoms in total. The Balaban J connectivity index is 1.49. The summed E-state index contributed by atoms with van der Waals surface area (Å²) in [5, 5.41) is 5.72. The Morgan fingerprint density at radius 3 is 2.44 bits per heavy atom. The predicted molar refractivity (Wildman–Crippen MR) is 101 cm³/mol. The van der Waals surface area contributed by atoms with Crippen molar-refractivity contribution in [3.05, 3.63) is 65.5 Å². The Labute approximate surface area is 158 Å². The van der Waals surface area contributed by atoms with Crippen molar-refractivity contribution in [3.63, 3.8) is 0 Å². The molecule has 7 heteroatoms. The van der Waals surface area contributed by atoms with E-state index in [4.69, 9.17) is 4.74 Å². The van der Waals surface area contributed by atoms with E-state index in [0.29, 0.717) is 24.2 Å². The van der Waals surface area contributed by atoms with E-state index in [9.17, 15) is 9.59 Å². The number of nitrogens with zero attached hydrogens (tertiary/aromatic N) is 2. The van der Waals surface area contributed by atoms with E-state index >= 15 is 0 Å². The van der Waals surface area contributed by atoms with Gasteiger partial charge in [-0.2, -0.15) is 0 Å². The molecule has 0 unspecified atom stereocenters. The summed E-state index contributed by atoms with van der Waals surface area (Å²) in [6.07, 6.45) is 1.68. The Kier molecular flexibility index (Phi) is 6.90. The maximum absolute atomic E-state index is 12.3. The average Bonchev–Trinajstić information content (AvgIpc) is 2.73. The molecule has 1 aromatic heterocycles. The van der Waals surface area contributed by atoms with Gasteiger partial charge in [0.1, 0.15) is 0 Å². The normalized spacial score (nSPS) is 14.5. The van der Waals surface area contributed by atoms with Crippen LogP contribution in [0.2, 0.25) is 0 Å². The molecule has 1 aliphatic rings. The van der Waals surface area contributed by atoms with Crippen LogP contribution < -0.4 is 10.6 Å². The molecule has 0 atom stereocenters. The van der Waals surface area contributed by atoms with E-state index in [-0.39, 0.29) is 11.8 Å². The topological polar surface area (TPSA) is 83.6 Å². The minimum absolute atomic E-state index is 0.178. The molecule has 0 bridgehead atoms. The number of hydrogen-bond acceptors (Lipinski definition) is 5. The highest BCUT2D eigenvalue weighted by Gasteiger charge is 2.12. The number of hydrogen-bond donors (Lipinski definition) is 2. The highest BCUT2D eigenvalue weighted by atomic mass is 16.5. The van der Waals surface area contributed by atoms with Crippen LogP contribution in [0.25, 0.3) is 0 Å². The second kappa shape index (κ2) is 9.80. The maximum Gasteiger partial charge on any atom is 0.251 e. The molecule has 2 amide bonds. The first-order chi connectivity index (χ1) is 13.2. The molecule has 2 N–H and O–H groups in total. The highest BCUT2D eigenvalue weighted by molar-refractivity contribution is 5.99. The number of morpholine rings is 1. The van der Waals surface area contributed by atoms with E-state index in [2.05, 4.69) is 20.5 Å². The summed E-state index contributed by atoms with van der Waals surface area (Å²) in [7, 11) is 0. The van der Waals surface area contributed by atoms with Crippen LogP contribution in [0, 0.1) is 0 Å². The van der Waals surface area contributed by atoms with Crippen molar-refractivity contribution in [3.8, 4) is 0 Å². The van der Waals surface area contributed by atoms with Crippen molar-refractivity contribution in [2.24, 2.45) is 0 Å². The zero-order chi connectivity index (χ0) is 18.9. The summed E-state index contributed by atoms with van der Waals surface area (Å²) in [4.78, 5) is 31.1. The number of carbonyl (C=O) groups excluding carboxylic acids is 2. The smallest absolute Gasteiger partial charge is 0.251 e. The van der Waals surface area contributed by atoms with Gasteiger partial charge in [0, 0.05) is 43.5 Å². The number of amides is 2. The Morgan fingerprint density at radius 2 is 1.74 bits per heavy atom. The molecule has 1 fully saturated rings. The van der Waals surface area contributed by atoms with Gasteiger partial charge >= 0.3 is 0 Å². The van der Waals surface area contributed by atoms with Crippen molar-refractivity contribution in [1.29, 1.82) is 0 Å². The monoisotopic (exact) mass is 368 g/mol. The van der Waals surface area contributed by atoms with Gasteiger partial charge in [-0.25, -0.2) is 0 Å². The Hall–Kier alpha value is -2.77. The zero-order valence-electron chi connectivity index (χ0n) is 15.2. The molecule has 1 aromatic carbocycles. The predicted octanol–water partition coefficient (Wildman–Crippen LogP) is 1.07. The Morgan fingerprint density at radius 1 is 1.00 bits per heavy atom. The zero-order valence-corrected chi connectivity index (χ0v) is 15.2. The van der Waals surface area contributed by atoms with E-state index < -0.39 is 0 Å². The van der Waals surface area contributed by atoms with Gasteiger partial charge in [0.25, 0.3) is 11.8 Å². The van der Waals surface area contributed by atoms with Crippen LogP contribution in [-0.2, 0) is 11.3 Å². The fourth-order valence-corrected chi connectivity index (χ4v) is 2.83. The van der Waals surface area contributed by atoms with Crippen LogP contribution in [0.3, 0.4) is 0 Å². The summed E-state index contributed by atoms with van der Waals surface area (Å²) in [6.45, 7) is 4.96. The number of pyridine rings is 1. The summed E-state index contributed by atoms with van der Waals surface area (Å²) in [5.74, 6) is -0.411. The van der Waals surface area contributed by atoms with E-state index in [1.807, 2.05) is 18.2 Å². The third-order valence-corrected chi connectivity index (χ3v) is 4.36. The van der Waals surface area contributed by atoms with Crippen LogP contribution in [0.5, 0.6) is 0 Å². The number of ether oxygens (including phenoxy) is 1. The van der Waals surface area contributed by atoms with Crippen molar-refractivity contribution < 1.29 is 14.3 Å². The van der Waals surface area contributed by atoms with Crippen molar-refractivity contribution in [2.45, 2.75) is 6.54 Å². The summed E-state index contributed by atoms with van der Waals surface area (Å²) >= 11 is 0. The van der Waals surface area contributed by atoms with Crippen molar-refractivity contribution >= 4 is 11.8 Å². The SMILES string of the molecule is O=C(NCCN1CCOCC1)c1cccc(C(=O)NCc2ccccn2)c1. The fraction of sp³-hybridized carbons (Fsp3) is 0.350. The van der Waals surface area contributed by atoms with Gasteiger partial charge in [-0.15, -0.1) is 0 Å². The summed E-state index contributed by atoms with van der Waals surface area (Å²) in [5.41, 5.74) is 1.71. The van der Waals surface area contributed by atoms with Gasteiger partial charge in [0.2, 0.25) is 0 Å². The molecule has 1 saturated heterocycles. The molecule has 1 aliphatic heterocycles. The van der Waals surface area contributed by atoms with Crippen molar-refractivity contribution in [2.75, 3.05) is 39.4 Å². The highest BCUT2D eigenvalue weighted by Crippen LogP contribution is 2.06. The lowest BCUT2D eigenvalue weighted by Crippen LogP contribution is -2.41. The molecule has 0 radical (unpaired) electrons. The number of aromatic nitrogens is 1. The molecule has 142 valence electrons. The molecule has 3 rings (SSSR count). The van der Waals surface area contributed by atoms with Crippen LogP contribution in [0.15, 0.2) is 48.7 Å². The molecule has 0 saturated carbocycles. The lowest BCUT2D eigenvalue weighted by molar-refractivity contribution is 0.0383. The first-order valence-corrected chi connectivity index (χ1v) is 9.09. The molecular weight excluding hydrogens is 344 g/mol. The van der Waals surface area contributed by atoms with Gasteiger partial charge < -0.3 is 15.4 Å². The van der Waals surface area contributed by atoms with Crippen LogP contribution in [-0.4, -0.2) is 61.1 Å². The lowest BCUT2D eigenvalue weighted by Gasteiger charge is -2.26. The largest absolute Gasteiger partial charge is 0.379 e. The van der Waals surface area contributed by atoms with Gasteiger partial charge in [0.05, 0.1) is 25.5 Å². The van der Waals surface area contributed by atoms with Gasteiger partial charge in [-0.1, -0.05) is 12.1 Å². The molecule has 0 spiro atoms. The average molecular weight is 368 g/mol. The first-order valence-electron chi connectivity index (χ1n) is 9.09. The molecule has 27 heavy (non-hydrogen) atoms. The summed E-state index contributed by atoms with van der Waals surface area (Å²) in [6, 6.07) is 12.3. The standard InChI is InChI=1S/C20H24N4O3/c25-19(22-8-9-24-10-12-27-13-11-24)16-4-3-5-17(14-16)20(26)23-15-18-6-1-2-7-21-18/h1-7,14H,8-13,15H2,(H,22,25)(H,23,26). The van der Waals surface area contributed by atoms with Crippen molar-refractivity contribution in [1.82, 2.24) is 20.5 Å². The second-order valence-electron chi connectivity index (χ2n) is 6.29. The van der Waals surface area contributed by atoms with E-state index in [1.54, 1.807) is 30.5 Å². The molecule has 2 aromatic rings. The number of carbonyl (C=O) groups is 2. The molecule has 2 heterocycles. The lowest BCUT2D eigenvalue weighted by atomic mass is 10.1. The van der Waals surface area contributed by atoms with Gasteiger partial charge in [-0.05, 0) is 30.3 Å². The minimum atomic E-state index is -0.233. The minimum Gasteiger partial charge on any atom is -0.379 e. The second-order valence-corrected chi connectivity index (χ2v) is 6.29. The van der Waals surface area contributed by atoms with Crippen LogP contribution in [0.4, 0.5) is 0 Å².